The molecule has 2 aromatic rings. The number of benzene rings is 1. The number of aromatic carboxylic acids is 1. The number of para-hydroxylation sites is 1. The fourth-order valence-corrected chi connectivity index (χ4v) is 3.05. The summed E-state index contributed by atoms with van der Waals surface area (Å²) in [6.45, 7) is 2.92. The first kappa shape index (κ1) is 10.4. The smallest absolute Gasteiger partial charge is 0.337 e. The molecule has 1 aliphatic rings. The van der Waals surface area contributed by atoms with Crippen LogP contribution in [0.2, 0.25) is 0 Å². The van der Waals surface area contributed by atoms with E-state index in [0.29, 0.717) is 5.56 Å². The van der Waals surface area contributed by atoms with Crippen LogP contribution in [0.15, 0.2) is 18.2 Å². The van der Waals surface area contributed by atoms with Crippen LogP contribution in [0, 0.1) is 0 Å². The number of carbonyl (C=O) groups is 1. The van der Waals surface area contributed by atoms with Crippen LogP contribution in [0.4, 0.5) is 0 Å². The molecule has 3 nitrogen and oxygen atoms in total. The maximum absolute atomic E-state index is 11.3. The van der Waals surface area contributed by atoms with Gasteiger partial charge in [-0.3, -0.25) is 0 Å². The van der Waals surface area contributed by atoms with Gasteiger partial charge in [0, 0.05) is 17.6 Å². The predicted molar refractivity (Wildman–Crippen MR) is 66.6 cm³/mol. The highest BCUT2D eigenvalue weighted by Gasteiger charge is 2.23. The van der Waals surface area contributed by atoms with Gasteiger partial charge in [0.15, 0.2) is 0 Å². The molecule has 0 saturated heterocycles. The topological polar surface area (TPSA) is 42.2 Å². The number of carboxylic acids is 1. The maximum Gasteiger partial charge on any atom is 0.337 e. The van der Waals surface area contributed by atoms with Crippen molar-refractivity contribution < 1.29 is 9.90 Å². The Morgan fingerprint density at radius 1 is 1.41 bits per heavy atom. The molecule has 0 amide bonds. The molecular weight excluding hydrogens is 214 g/mol. The quantitative estimate of drug-likeness (QED) is 0.860. The van der Waals surface area contributed by atoms with Crippen molar-refractivity contribution >= 4 is 16.9 Å². The minimum atomic E-state index is -0.832. The number of fused-ring (bicyclic) bond motifs is 3. The molecule has 0 atom stereocenters. The van der Waals surface area contributed by atoms with Gasteiger partial charge >= 0.3 is 5.97 Å². The Morgan fingerprint density at radius 2 is 2.24 bits per heavy atom. The van der Waals surface area contributed by atoms with Gasteiger partial charge in [0.2, 0.25) is 0 Å². The van der Waals surface area contributed by atoms with Gasteiger partial charge in [0.25, 0.3) is 0 Å². The van der Waals surface area contributed by atoms with Crippen molar-refractivity contribution in [1.82, 2.24) is 4.57 Å². The molecule has 1 heterocycles. The van der Waals surface area contributed by atoms with Gasteiger partial charge in [-0.25, -0.2) is 4.79 Å². The van der Waals surface area contributed by atoms with Crippen LogP contribution >= 0.6 is 0 Å². The normalized spacial score (nSPS) is 14.2. The summed E-state index contributed by atoms with van der Waals surface area (Å²) in [5.41, 5.74) is 4.05. The van der Waals surface area contributed by atoms with E-state index in [-0.39, 0.29) is 0 Å². The van der Waals surface area contributed by atoms with Crippen LogP contribution in [-0.2, 0) is 19.4 Å². The van der Waals surface area contributed by atoms with Crippen LogP contribution < -0.4 is 0 Å². The molecule has 1 aromatic carbocycles. The van der Waals surface area contributed by atoms with Gasteiger partial charge in [-0.1, -0.05) is 12.1 Å². The van der Waals surface area contributed by atoms with Crippen LogP contribution in [0.5, 0.6) is 0 Å². The molecule has 1 N–H and O–H groups in total. The van der Waals surface area contributed by atoms with Crippen LogP contribution in [0.1, 0.15) is 35.0 Å². The minimum Gasteiger partial charge on any atom is -0.478 e. The fourth-order valence-electron chi connectivity index (χ4n) is 3.05. The first-order chi connectivity index (χ1) is 8.24. The third-order valence-electron chi connectivity index (χ3n) is 3.69. The molecule has 0 unspecified atom stereocenters. The Morgan fingerprint density at radius 3 is 2.94 bits per heavy atom. The number of aromatic nitrogens is 1. The van der Waals surface area contributed by atoms with E-state index in [4.69, 9.17) is 0 Å². The lowest BCUT2D eigenvalue weighted by atomic mass is 10.1. The van der Waals surface area contributed by atoms with Crippen LogP contribution in [0.25, 0.3) is 10.9 Å². The number of hydrogen-bond acceptors (Lipinski definition) is 1. The highest BCUT2D eigenvalue weighted by atomic mass is 16.4. The molecule has 0 bridgehead atoms. The van der Waals surface area contributed by atoms with Crippen molar-refractivity contribution in [3.8, 4) is 0 Å². The molecule has 3 heteroatoms. The van der Waals surface area contributed by atoms with Crippen molar-refractivity contribution in [2.24, 2.45) is 0 Å². The minimum absolute atomic E-state index is 0.429. The van der Waals surface area contributed by atoms with Crippen molar-refractivity contribution in [2.45, 2.75) is 32.7 Å². The molecule has 1 aliphatic carbocycles. The summed E-state index contributed by atoms with van der Waals surface area (Å²) in [7, 11) is 0. The molecular formula is C14H15NO2. The number of hydrogen-bond donors (Lipinski definition) is 1. The van der Waals surface area contributed by atoms with Crippen LogP contribution in [-0.4, -0.2) is 15.6 Å². The second kappa shape index (κ2) is 3.62. The van der Waals surface area contributed by atoms with Crippen molar-refractivity contribution in [2.75, 3.05) is 0 Å². The molecule has 1 aromatic heterocycles. The Bertz CT molecular complexity index is 610. The summed E-state index contributed by atoms with van der Waals surface area (Å²) in [6.07, 6.45) is 3.36. The zero-order valence-electron chi connectivity index (χ0n) is 9.86. The van der Waals surface area contributed by atoms with Gasteiger partial charge in [-0.15, -0.1) is 0 Å². The van der Waals surface area contributed by atoms with Crippen molar-refractivity contribution in [3.05, 3.63) is 35.0 Å². The highest BCUT2D eigenvalue weighted by Crippen LogP contribution is 2.34. The monoisotopic (exact) mass is 229 g/mol. The van der Waals surface area contributed by atoms with E-state index >= 15 is 0 Å². The summed E-state index contributed by atoms with van der Waals surface area (Å²) in [5.74, 6) is -0.832. The lowest BCUT2D eigenvalue weighted by molar-refractivity contribution is 0.0698. The van der Waals surface area contributed by atoms with E-state index in [1.807, 2.05) is 6.07 Å². The van der Waals surface area contributed by atoms with E-state index in [9.17, 15) is 9.90 Å². The number of aryl methyl sites for hydroxylation is 2. The number of nitrogens with zero attached hydrogens (tertiary/aromatic N) is 1. The predicted octanol–water partition coefficient (Wildman–Crippen LogP) is 2.85. The fraction of sp³-hybridized carbons (Fsp3) is 0.357. The SMILES string of the molecule is CCn1c2c(c3cccc(C(=O)O)c31)CCC2. The largest absolute Gasteiger partial charge is 0.478 e. The average Bonchev–Trinajstić information content (AvgIpc) is 2.87. The number of rotatable bonds is 2. The second-order valence-electron chi connectivity index (χ2n) is 4.53. The summed E-state index contributed by atoms with van der Waals surface area (Å²) >= 11 is 0. The average molecular weight is 229 g/mol. The second-order valence-corrected chi connectivity index (χ2v) is 4.53. The zero-order valence-corrected chi connectivity index (χ0v) is 9.86. The highest BCUT2D eigenvalue weighted by molar-refractivity contribution is 6.04. The molecule has 0 spiro atoms. The maximum atomic E-state index is 11.3. The molecule has 0 aliphatic heterocycles. The lowest BCUT2D eigenvalue weighted by Crippen LogP contribution is -2.04. The molecule has 17 heavy (non-hydrogen) atoms. The van der Waals surface area contributed by atoms with Crippen molar-refractivity contribution in [3.63, 3.8) is 0 Å². The summed E-state index contributed by atoms with van der Waals surface area (Å²) in [4.78, 5) is 11.3. The van der Waals surface area contributed by atoms with Gasteiger partial charge in [-0.2, -0.15) is 0 Å². The third-order valence-corrected chi connectivity index (χ3v) is 3.69. The van der Waals surface area contributed by atoms with Crippen LogP contribution in [0.3, 0.4) is 0 Å². The summed E-state index contributed by atoms with van der Waals surface area (Å²) in [5, 5.41) is 10.4. The third kappa shape index (κ3) is 1.32. The Kier molecular flexibility index (Phi) is 2.21. The van der Waals surface area contributed by atoms with Gasteiger partial charge < -0.3 is 9.67 Å². The Balaban J connectivity index is 2.44. The van der Waals surface area contributed by atoms with Crippen molar-refractivity contribution in [1.29, 1.82) is 0 Å². The summed E-state index contributed by atoms with van der Waals surface area (Å²) in [6, 6.07) is 5.61. The first-order valence-electron chi connectivity index (χ1n) is 6.10. The standard InChI is InChI=1S/C14H15NO2/c1-2-15-12-8-4-5-9(12)10-6-3-7-11(13(10)15)14(16)17/h3,6-7H,2,4-5,8H2,1H3,(H,16,17). The van der Waals surface area contributed by atoms with E-state index in [1.54, 1.807) is 6.07 Å². The van der Waals surface area contributed by atoms with Gasteiger partial charge in [-0.05, 0) is 37.8 Å². The zero-order chi connectivity index (χ0) is 12.0. The van der Waals surface area contributed by atoms with Gasteiger partial charge in [0.1, 0.15) is 0 Å². The molecule has 88 valence electrons. The molecule has 0 saturated carbocycles. The summed E-state index contributed by atoms with van der Waals surface area (Å²) < 4.78 is 2.18. The molecule has 0 fully saturated rings. The first-order valence-corrected chi connectivity index (χ1v) is 6.10. The lowest BCUT2D eigenvalue weighted by Gasteiger charge is -2.07. The van der Waals surface area contributed by atoms with E-state index in [0.717, 1.165) is 30.3 Å². The van der Waals surface area contributed by atoms with E-state index < -0.39 is 5.97 Å². The van der Waals surface area contributed by atoms with E-state index in [1.165, 1.54) is 17.7 Å². The Hall–Kier alpha value is -1.77. The van der Waals surface area contributed by atoms with Gasteiger partial charge in [0.05, 0.1) is 11.1 Å². The molecule has 3 rings (SSSR count). The Labute approximate surface area is 99.7 Å². The molecule has 0 radical (unpaired) electrons. The number of carboxylic acid groups (broad SMARTS) is 1. The van der Waals surface area contributed by atoms with E-state index in [2.05, 4.69) is 17.6 Å².